The van der Waals surface area contributed by atoms with Gasteiger partial charge in [0.1, 0.15) is 12.1 Å². The molecule has 0 amide bonds. The zero-order valence-corrected chi connectivity index (χ0v) is 11.6. The standard InChI is InChI=1S/C16H19N3O/c1-16(10-20,12-6-3-2-4-7-12)19-15-13-8-5-9-14(13)17-11-18-15/h2-4,6-7,11,20H,5,8-10H2,1H3,(H,17,18,19). The van der Waals surface area contributed by atoms with Gasteiger partial charge in [-0.25, -0.2) is 9.97 Å². The summed E-state index contributed by atoms with van der Waals surface area (Å²) in [6.45, 7) is 2.00. The van der Waals surface area contributed by atoms with Crippen LogP contribution < -0.4 is 5.32 Å². The Bertz CT molecular complexity index is 600. The maximum atomic E-state index is 9.84. The van der Waals surface area contributed by atoms with Crippen LogP contribution in [-0.4, -0.2) is 21.7 Å². The summed E-state index contributed by atoms with van der Waals surface area (Å²) in [5, 5.41) is 13.3. The number of rotatable bonds is 4. The molecule has 1 aliphatic rings. The third kappa shape index (κ3) is 2.27. The molecule has 2 N–H and O–H groups in total. The number of hydrogen-bond acceptors (Lipinski definition) is 4. The summed E-state index contributed by atoms with van der Waals surface area (Å²) in [6, 6.07) is 9.98. The molecule has 4 heteroatoms. The average Bonchev–Trinajstić information content (AvgIpc) is 2.98. The number of anilines is 1. The highest BCUT2D eigenvalue weighted by Gasteiger charge is 2.28. The van der Waals surface area contributed by atoms with Crippen LogP contribution in [0.4, 0.5) is 5.82 Å². The fourth-order valence-corrected chi connectivity index (χ4v) is 2.74. The van der Waals surface area contributed by atoms with E-state index in [4.69, 9.17) is 0 Å². The summed E-state index contributed by atoms with van der Waals surface area (Å²) in [5.41, 5.74) is 2.85. The van der Waals surface area contributed by atoms with Crippen LogP contribution in [0.2, 0.25) is 0 Å². The smallest absolute Gasteiger partial charge is 0.133 e. The van der Waals surface area contributed by atoms with Crippen LogP contribution in [0.25, 0.3) is 0 Å². The van der Waals surface area contributed by atoms with Gasteiger partial charge in [-0.05, 0) is 31.7 Å². The second kappa shape index (κ2) is 5.21. The predicted molar refractivity (Wildman–Crippen MR) is 78.6 cm³/mol. The van der Waals surface area contributed by atoms with Crippen LogP contribution >= 0.6 is 0 Å². The van der Waals surface area contributed by atoms with E-state index in [9.17, 15) is 5.11 Å². The molecule has 3 rings (SSSR count). The number of aliphatic hydroxyl groups excluding tert-OH is 1. The topological polar surface area (TPSA) is 58.0 Å². The van der Waals surface area contributed by atoms with E-state index in [0.717, 1.165) is 36.3 Å². The first-order valence-electron chi connectivity index (χ1n) is 7.00. The lowest BCUT2D eigenvalue weighted by Crippen LogP contribution is -2.36. The van der Waals surface area contributed by atoms with Crippen LogP contribution in [-0.2, 0) is 18.4 Å². The van der Waals surface area contributed by atoms with E-state index in [1.807, 2.05) is 37.3 Å². The number of fused-ring (bicyclic) bond motifs is 1. The minimum atomic E-state index is -0.536. The highest BCUT2D eigenvalue weighted by atomic mass is 16.3. The normalized spacial score (nSPS) is 16.5. The number of nitrogens with zero attached hydrogens (tertiary/aromatic N) is 2. The molecule has 1 aromatic heterocycles. The van der Waals surface area contributed by atoms with E-state index in [1.165, 1.54) is 5.56 Å². The van der Waals surface area contributed by atoms with E-state index >= 15 is 0 Å². The van der Waals surface area contributed by atoms with Crippen molar-refractivity contribution in [2.45, 2.75) is 31.7 Å². The van der Waals surface area contributed by atoms with Gasteiger partial charge in [0.05, 0.1) is 12.1 Å². The molecule has 0 fully saturated rings. The molecule has 1 heterocycles. The summed E-state index contributed by atoms with van der Waals surface area (Å²) in [4.78, 5) is 8.71. The van der Waals surface area contributed by atoms with Crippen molar-refractivity contribution in [1.29, 1.82) is 0 Å². The molecule has 0 saturated heterocycles. The molecule has 2 aromatic rings. The van der Waals surface area contributed by atoms with E-state index in [0.29, 0.717) is 0 Å². The van der Waals surface area contributed by atoms with Crippen molar-refractivity contribution >= 4 is 5.82 Å². The van der Waals surface area contributed by atoms with Crippen LogP contribution in [0.5, 0.6) is 0 Å². The van der Waals surface area contributed by atoms with Gasteiger partial charge in [-0.3, -0.25) is 0 Å². The third-order valence-corrected chi connectivity index (χ3v) is 4.00. The van der Waals surface area contributed by atoms with Crippen molar-refractivity contribution in [3.63, 3.8) is 0 Å². The second-order valence-corrected chi connectivity index (χ2v) is 5.48. The zero-order valence-electron chi connectivity index (χ0n) is 11.6. The molecule has 104 valence electrons. The fourth-order valence-electron chi connectivity index (χ4n) is 2.74. The van der Waals surface area contributed by atoms with Crippen LogP contribution in [0.15, 0.2) is 36.7 Å². The summed E-state index contributed by atoms with van der Waals surface area (Å²) in [5.74, 6) is 0.855. The SMILES string of the molecule is CC(CO)(Nc1ncnc2c1CCC2)c1ccccc1. The van der Waals surface area contributed by atoms with Gasteiger partial charge >= 0.3 is 0 Å². The lowest BCUT2D eigenvalue weighted by Gasteiger charge is -2.30. The molecule has 4 nitrogen and oxygen atoms in total. The first-order chi connectivity index (χ1) is 9.73. The number of aliphatic hydroxyl groups is 1. The third-order valence-electron chi connectivity index (χ3n) is 4.00. The molecule has 0 bridgehead atoms. The van der Waals surface area contributed by atoms with Gasteiger partial charge in [-0.15, -0.1) is 0 Å². The molecule has 1 aliphatic carbocycles. The first-order valence-corrected chi connectivity index (χ1v) is 7.00. The van der Waals surface area contributed by atoms with Crippen molar-refractivity contribution in [2.24, 2.45) is 0 Å². The minimum Gasteiger partial charge on any atom is -0.394 e. The number of aromatic nitrogens is 2. The molecule has 1 unspecified atom stereocenters. The Kier molecular flexibility index (Phi) is 3.40. The fraction of sp³-hybridized carbons (Fsp3) is 0.375. The minimum absolute atomic E-state index is 0.00971. The van der Waals surface area contributed by atoms with E-state index in [-0.39, 0.29) is 6.61 Å². The average molecular weight is 269 g/mol. The van der Waals surface area contributed by atoms with Gasteiger partial charge in [0.15, 0.2) is 0 Å². The van der Waals surface area contributed by atoms with Gasteiger partial charge in [0, 0.05) is 11.3 Å². The molecule has 0 spiro atoms. The molecular weight excluding hydrogens is 250 g/mol. The molecule has 0 radical (unpaired) electrons. The molecule has 0 saturated carbocycles. The Morgan fingerprint density at radius 1 is 1.20 bits per heavy atom. The Labute approximate surface area is 118 Å². The van der Waals surface area contributed by atoms with Gasteiger partial charge in [-0.1, -0.05) is 30.3 Å². The largest absolute Gasteiger partial charge is 0.394 e. The van der Waals surface area contributed by atoms with Crippen LogP contribution in [0, 0.1) is 0 Å². The maximum Gasteiger partial charge on any atom is 0.133 e. The van der Waals surface area contributed by atoms with Crippen molar-refractivity contribution in [1.82, 2.24) is 9.97 Å². The number of benzene rings is 1. The molecular formula is C16H19N3O. The van der Waals surface area contributed by atoms with Crippen LogP contribution in [0.3, 0.4) is 0 Å². The maximum absolute atomic E-state index is 9.84. The Hall–Kier alpha value is -1.94. The highest BCUT2D eigenvalue weighted by molar-refractivity contribution is 5.51. The van der Waals surface area contributed by atoms with E-state index in [1.54, 1.807) is 6.33 Å². The molecule has 20 heavy (non-hydrogen) atoms. The Morgan fingerprint density at radius 2 is 2.00 bits per heavy atom. The molecule has 0 aliphatic heterocycles. The quantitative estimate of drug-likeness (QED) is 0.894. The van der Waals surface area contributed by atoms with Gasteiger partial charge in [0.2, 0.25) is 0 Å². The Morgan fingerprint density at radius 3 is 2.75 bits per heavy atom. The predicted octanol–water partition coefficient (Wildman–Crippen LogP) is 2.28. The second-order valence-electron chi connectivity index (χ2n) is 5.48. The molecule has 1 atom stereocenters. The van der Waals surface area contributed by atoms with Gasteiger partial charge < -0.3 is 10.4 Å². The van der Waals surface area contributed by atoms with E-state index in [2.05, 4.69) is 15.3 Å². The highest BCUT2D eigenvalue weighted by Crippen LogP contribution is 2.30. The number of hydrogen-bond donors (Lipinski definition) is 2. The van der Waals surface area contributed by atoms with E-state index < -0.39 is 5.54 Å². The molecule has 1 aromatic carbocycles. The zero-order chi connectivity index (χ0) is 14.0. The summed E-state index contributed by atoms with van der Waals surface area (Å²) >= 11 is 0. The van der Waals surface area contributed by atoms with Crippen molar-refractivity contribution in [2.75, 3.05) is 11.9 Å². The van der Waals surface area contributed by atoms with Crippen molar-refractivity contribution in [3.05, 3.63) is 53.5 Å². The van der Waals surface area contributed by atoms with Crippen molar-refractivity contribution < 1.29 is 5.11 Å². The number of aryl methyl sites for hydroxylation is 1. The van der Waals surface area contributed by atoms with Gasteiger partial charge in [-0.2, -0.15) is 0 Å². The summed E-state index contributed by atoms with van der Waals surface area (Å²) in [7, 11) is 0. The lowest BCUT2D eigenvalue weighted by molar-refractivity contribution is 0.223. The lowest BCUT2D eigenvalue weighted by atomic mass is 9.92. The monoisotopic (exact) mass is 269 g/mol. The van der Waals surface area contributed by atoms with Crippen molar-refractivity contribution in [3.8, 4) is 0 Å². The van der Waals surface area contributed by atoms with Crippen LogP contribution in [0.1, 0.15) is 30.2 Å². The number of nitrogens with one attached hydrogen (secondary N) is 1. The Balaban J connectivity index is 1.95. The summed E-state index contributed by atoms with van der Waals surface area (Å²) in [6.07, 6.45) is 4.77. The summed E-state index contributed by atoms with van der Waals surface area (Å²) < 4.78 is 0. The van der Waals surface area contributed by atoms with Gasteiger partial charge in [0.25, 0.3) is 0 Å². The first kappa shape index (κ1) is 13.1.